The number of likely N-dealkylation sites (N-methyl/N-ethyl adjacent to an activating group) is 1. The van der Waals surface area contributed by atoms with Gasteiger partial charge in [0.05, 0.1) is 24.9 Å². The normalized spacial score (nSPS) is 21.7. The molecule has 0 radical (unpaired) electrons. The summed E-state index contributed by atoms with van der Waals surface area (Å²) in [5.41, 5.74) is 0.930. The molecular formula is C25H42N2O5Si. The van der Waals surface area contributed by atoms with Crippen molar-refractivity contribution in [2.75, 3.05) is 20.2 Å². The van der Waals surface area contributed by atoms with Crippen LogP contribution in [-0.2, 0) is 20.8 Å². The van der Waals surface area contributed by atoms with E-state index in [4.69, 9.17) is 14.2 Å². The number of nitrogens with one attached hydrogen (secondary N) is 1. The van der Waals surface area contributed by atoms with E-state index in [1.807, 2.05) is 30.3 Å². The van der Waals surface area contributed by atoms with Gasteiger partial charge in [-0.25, -0.2) is 9.59 Å². The molecule has 0 aliphatic carbocycles. The van der Waals surface area contributed by atoms with Gasteiger partial charge in [-0.05, 0) is 50.6 Å². The van der Waals surface area contributed by atoms with Gasteiger partial charge in [-0.2, -0.15) is 0 Å². The highest BCUT2D eigenvalue weighted by molar-refractivity contribution is 6.76. The number of hydrogen-bond acceptors (Lipinski definition) is 5. The van der Waals surface area contributed by atoms with Crippen molar-refractivity contribution in [1.29, 1.82) is 0 Å². The molecular weight excluding hydrogens is 436 g/mol. The summed E-state index contributed by atoms with van der Waals surface area (Å²) in [6, 6.07) is 10.3. The largest absolute Gasteiger partial charge is 0.450 e. The molecule has 1 saturated heterocycles. The molecule has 0 bridgehead atoms. The average molecular weight is 479 g/mol. The Kier molecular flexibility index (Phi) is 10.7. The molecule has 1 fully saturated rings. The average Bonchev–Trinajstić information content (AvgIpc) is 2.71. The number of benzene rings is 1. The molecule has 1 unspecified atom stereocenters. The van der Waals surface area contributed by atoms with Crippen LogP contribution in [-0.4, -0.2) is 63.6 Å². The molecule has 8 heteroatoms. The van der Waals surface area contributed by atoms with Gasteiger partial charge in [-0.1, -0.05) is 50.0 Å². The summed E-state index contributed by atoms with van der Waals surface area (Å²) in [6.07, 6.45) is 2.18. The Bertz CT molecular complexity index is 730. The number of alkyl carbamates (subject to hydrolysis) is 1. The van der Waals surface area contributed by atoms with E-state index in [0.717, 1.165) is 30.9 Å². The minimum absolute atomic E-state index is 0.189. The summed E-state index contributed by atoms with van der Waals surface area (Å²) >= 11 is 0. The predicted octanol–water partition coefficient (Wildman–Crippen LogP) is 5.28. The zero-order valence-electron chi connectivity index (χ0n) is 21.1. The van der Waals surface area contributed by atoms with Gasteiger partial charge in [0.1, 0.15) is 6.61 Å². The fourth-order valence-corrected chi connectivity index (χ4v) is 4.92. The van der Waals surface area contributed by atoms with E-state index in [1.165, 1.54) is 0 Å². The van der Waals surface area contributed by atoms with Crippen LogP contribution in [0.3, 0.4) is 0 Å². The first kappa shape index (κ1) is 27.2. The molecule has 4 atom stereocenters. The molecule has 1 aromatic rings. The number of nitrogens with zero attached hydrogens (tertiary/aromatic N) is 1. The zero-order chi connectivity index (χ0) is 24.4. The van der Waals surface area contributed by atoms with E-state index in [1.54, 1.807) is 11.9 Å². The third kappa shape index (κ3) is 11.1. The lowest BCUT2D eigenvalue weighted by atomic mass is 9.87. The van der Waals surface area contributed by atoms with Crippen LogP contribution in [0.25, 0.3) is 0 Å². The topological polar surface area (TPSA) is 77.1 Å². The standard InChI is InChI=1S/C25H42N2O5Si/c1-19-14-22(15-20(2)32-19)16-23(17-27(3)25(29)30-12-13-33(4,5)6)26-24(28)31-18-21-10-8-7-9-11-21/h7-11,19-20,22-23H,12-18H2,1-6H3,(H,26,28)/t19-,20+,22?,23-/m0/s1. The maximum Gasteiger partial charge on any atom is 0.409 e. The van der Waals surface area contributed by atoms with Crippen LogP contribution in [0.15, 0.2) is 30.3 Å². The second-order valence-corrected chi connectivity index (χ2v) is 16.2. The number of rotatable bonds is 10. The van der Waals surface area contributed by atoms with Crippen molar-refractivity contribution in [3.05, 3.63) is 35.9 Å². The molecule has 0 spiro atoms. The summed E-state index contributed by atoms with van der Waals surface area (Å²) < 4.78 is 16.8. The fourth-order valence-electron chi connectivity index (χ4n) is 4.21. The van der Waals surface area contributed by atoms with Crippen molar-refractivity contribution < 1.29 is 23.8 Å². The highest BCUT2D eigenvalue weighted by atomic mass is 28.3. The monoisotopic (exact) mass is 478 g/mol. The minimum Gasteiger partial charge on any atom is -0.450 e. The molecule has 1 N–H and O–H groups in total. The summed E-state index contributed by atoms with van der Waals surface area (Å²) in [5.74, 6) is 0.402. The van der Waals surface area contributed by atoms with Gasteiger partial charge in [0.25, 0.3) is 0 Å². The maximum atomic E-state index is 12.5. The van der Waals surface area contributed by atoms with E-state index >= 15 is 0 Å². The number of carbonyl (C=O) groups excluding carboxylic acids is 2. The molecule has 33 heavy (non-hydrogen) atoms. The smallest absolute Gasteiger partial charge is 0.409 e. The molecule has 1 heterocycles. The van der Waals surface area contributed by atoms with Gasteiger partial charge in [-0.15, -0.1) is 0 Å². The van der Waals surface area contributed by atoms with Gasteiger partial charge in [-0.3, -0.25) is 0 Å². The summed E-state index contributed by atoms with van der Waals surface area (Å²) in [7, 11) is 0.445. The van der Waals surface area contributed by atoms with Crippen LogP contribution in [0.2, 0.25) is 25.7 Å². The molecule has 1 aliphatic rings. The van der Waals surface area contributed by atoms with Gasteiger partial charge >= 0.3 is 12.2 Å². The second-order valence-electron chi connectivity index (χ2n) is 10.5. The van der Waals surface area contributed by atoms with Crippen LogP contribution in [0.1, 0.15) is 38.7 Å². The van der Waals surface area contributed by atoms with E-state index < -0.39 is 14.2 Å². The first-order valence-electron chi connectivity index (χ1n) is 12.0. The molecule has 0 aromatic heterocycles. The third-order valence-electron chi connectivity index (χ3n) is 5.83. The molecule has 1 aromatic carbocycles. The van der Waals surface area contributed by atoms with Crippen molar-refractivity contribution >= 4 is 20.3 Å². The number of carbonyl (C=O) groups is 2. The SMILES string of the molecule is C[C@@H]1CC(C[C@@H](CN(C)C(=O)OCC[Si](C)(C)C)NC(=O)OCc2ccccc2)C[C@H](C)O1. The fraction of sp³-hybridized carbons (Fsp3) is 0.680. The highest BCUT2D eigenvalue weighted by Crippen LogP contribution is 2.28. The molecule has 0 saturated carbocycles. The lowest BCUT2D eigenvalue weighted by molar-refractivity contribution is -0.0551. The second kappa shape index (κ2) is 13.0. The number of hydrogen-bond donors (Lipinski definition) is 1. The molecule has 186 valence electrons. The summed E-state index contributed by atoms with van der Waals surface area (Å²) in [4.78, 5) is 26.6. The van der Waals surface area contributed by atoms with Crippen LogP contribution in [0, 0.1) is 5.92 Å². The van der Waals surface area contributed by atoms with Gasteiger partial charge in [0.15, 0.2) is 0 Å². The Balaban J connectivity index is 1.93. The Morgan fingerprint density at radius 3 is 2.36 bits per heavy atom. The van der Waals surface area contributed by atoms with Gasteiger partial charge in [0, 0.05) is 21.7 Å². The van der Waals surface area contributed by atoms with Crippen molar-refractivity contribution in [2.45, 2.75) is 83.7 Å². The quantitative estimate of drug-likeness (QED) is 0.463. The third-order valence-corrected chi connectivity index (χ3v) is 7.54. The minimum atomic E-state index is -1.27. The predicted molar refractivity (Wildman–Crippen MR) is 133 cm³/mol. The van der Waals surface area contributed by atoms with Crippen LogP contribution >= 0.6 is 0 Å². The summed E-state index contributed by atoms with van der Waals surface area (Å²) in [5, 5.41) is 2.99. The Morgan fingerprint density at radius 2 is 1.76 bits per heavy atom. The van der Waals surface area contributed by atoms with Crippen LogP contribution < -0.4 is 5.32 Å². The molecule has 2 rings (SSSR count). The van der Waals surface area contributed by atoms with Crippen LogP contribution in [0.5, 0.6) is 0 Å². The summed E-state index contributed by atoms with van der Waals surface area (Å²) in [6.45, 7) is 11.9. The van der Waals surface area contributed by atoms with Crippen molar-refractivity contribution in [3.63, 3.8) is 0 Å². The highest BCUT2D eigenvalue weighted by Gasteiger charge is 2.29. The number of ether oxygens (including phenoxy) is 3. The van der Waals surface area contributed by atoms with E-state index in [-0.39, 0.29) is 30.9 Å². The number of amides is 2. The van der Waals surface area contributed by atoms with E-state index in [2.05, 4.69) is 38.8 Å². The van der Waals surface area contributed by atoms with Gasteiger partial charge in [0.2, 0.25) is 0 Å². The van der Waals surface area contributed by atoms with E-state index in [9.17, 15) is 9.59 Å². The lowest BCUT2D eigenvalue weighted by Gasteiger charge is -2.35. The van der Waals surface area contributed by atoms with Crippen LogP contribution in [0.4, 0.5) is 9.59 Å². The maximum absolute atomic E-state index is 12.5. The first-order valence-corrected chi connectivity index (χ1v) is 15.7. The van der Waals surface area contributed by atoms with Crippen molar-refractivity contribution in [2.24, 2.45) is 5.92 Å². The van der Waals surface area contributed by atoms with Crippen molar-refractivity contribution in [1.82, 2.24) is 10.2 Å². The van der Waals surface area contributed by atoms with Gasteiger partial charge < -0.3 is 24.4 Å². The van der Waals surface area contributed by atoms with E-state index in [0.29, 0.717) is 19.1 Å². The van der Waals surface area contributed by atoms with Crippen molar-refractivity contribution in [3.8, 4) is 0 Å². The zero-order valence-corrected chi connectivity index (χ0v) is 22.1. The Hall–Kier alpha value is -2.06. The molecule has 7 nitrogen and oxygen atoms in total. The lowest BCUT2D eigenvalue weighted by Crippen LogP contribution is -2.46. The molecule has 1 aliphatic heterocycles. The first-order chi connectivity index (χ1) is 15.5. The Morgan fingerprint density at radius 1 is 1.12 bits per heavy atom. The molecule has 2 amide bonds. The Labute approximate surface area is 200 Å².